The minimum Gasteiger partial charge on any atom is -0.489 e. The number of aliphatic hydroxyl groups excluding tert-OH is 2. The van der Waals surface area contributed by atoms with Crippen LogP contribution in [-0.4, -0.2) is 29.5 Å². The van der Waals surface area contributed by atoms with Crippen LogP contribution in [-0.2, 0) is 31.2 Å². The summed E-state index contributed by atoms with van der Waals surface area (Å²) in [6.07, 6.45) is -2.95. The number of aliphatic hydroxyl groups is 2. The summed E-state index contributed by atoms with van der Waals surface area (Å²) >= 11 is 0. The molecule has 0 fully saturated rings. The predicted octanol–water partition coefficient (Wildman–Crippen LogP) is 8.55. The second-order valence-corrected chi connectivity index (χ2v) is 12.7. The highest BCUT2D eigenvalue weighted by Gasteiger charge is 2.42. The topological polar surface area (TPSA) is 95.8 Å². The number of hydrogen-bond donors (Lipinski definition) is 2. The largest absolute Gasteiger partial charge is 0.489 e. The van der Waals surface area contributed by atoms with Crippen LogP contribution in [0.4, 0.5) is 0 Å². The van der Waals surface area contributed by atoms with Crippen LogP contribution in [0.1, 0.15) is 45.6 Å². The van der Waals surface area contributed by atoms with Crippen molar-refractivity contribution in [2.45, 2.75) is 44.7 Å². The lowest BCUT2D eigenvalue weighted by Gasteiger charge is -2.38. The fraction of sp³-hybridized carbons (Fsp3) is 0.200. The van der Waals surface area contributed by atoms with E-state index < -0.39 is 18.3 Å². The fourth-order valence-corrected chi connectivity index (χ4v) is 6.20. The molecule has 0 radical (unpaired) electrons. The molecular formula is C45H42O8. The lowest BCUT2D eigenvalue weighted by molar-refractivity contribution is -0.108. The second-order valence-electron chi connectivity index (χ2n) is 12.7. The van der Waals surface area contributed by atoms with Crippen molar-refractivity contribution in [1.82, 2.24) is 0 Å². The monoisotopic (exact) mass is 710 g/mol. The molecule has 0 bridgehead atoms. The maximum atomic E-state index is 12.0. The maximum absolute atomic E-state index is 12.0. The third kappa shape index (κ3) is 9.17. The maximum Gasteiger partial charge on any atom is 0.162 e. The molecule has 2 N–H and O–H groups in total. The van der Waals surface area contributed by atoms with E-state index in [9.17, 15) is 10.2 Å². The van der Waals surface area contributed by atoms with E-state index in [1.165, 1.54) is 0 Å². The normalized spacial score (nSPS) is 16.2. The van der Waals surface area contributed by atoms with Crippen LogP contribution in [0, 0.1) is 0 Å². The SMILES string of the molecule is OCCOC1c2c(OCc3ccccc3)cc(OCc3ccccc3)cc2O[C@H](c2ccc(OCc3ccccc3)c(OCc3ccccc3)c2)[C@H]1O. The van der Waals surface area contributed by atoms with E-state index in [4.69, 9.17) is 28.4 Å². The van der Waals surface area contributed by atoms with Crippen LogP contribution < -0.4 is 23.7 Å². The summed E-state index contributed by atoms with van der Waals surface area (Å²) in [5.41, 5.74) is 5.18. The van der Waals surface area contributed by atoms with Gasteiger partial charge in [0.05, 0.1) is 18.8 Å². The zero-order chi connectivity index (χ0) is 36.2. The van der Waals surface area contributed by atoms with Crippen LogP contribution >= 0.6 is 0 Å². The lowest BCUT2D eigenvalue weighted by atomic mass is 9.91. The van der Waals surface area contributed by atoms with E-state index >= 15 is 0 Å². The van der Waals surface area contributed by atoms with Gasteiger partial charge in [-0.1, -0.05) is 127 Å². The molecule has 6 aromatic carbocycles. The summed E-state index contributed by atoms with van der Waals surface area (Å²) in [5.74, 6) is 2.48. The first kappa shape index (κ1) is 35.6. The molecule has 0 amide bonds. The van der Waals surface area contributed by atoms with Gasteiger partial charge in [-0.3, -0.25) is 0 Å². The van der Waals surface area contributed by atoms with Crippen molar-refractivity contribution in [3.05, 3.63) is 185 Å². The number of ether oxygens (including phenoxy) is 6. The predicted molar refractivity (Wildman–Crippen MR) is 201 cm³/mol. The quantitative estimate of drug-likeness (QED) is 0.103. The molecule has 270 valence electrons. The second kappa shape index (κ2) is 17.6. The van der Waals surface area contributed by atoms with Gasteiger partial charge in [-0.15, -0.1) is 0 Å². The molecule has 8 nitrogen and oxygen atoms in total. The van der Waals surface area contributed by atoms with Crippen LogP contribution in [0.15, 0.2) is 152 Å². The van der Waals surface area contributed by atoms with E-state index in [0.717, 1.165) is 22.3 Å². The Bertz CT molecular complexity index is 2020. The first-order valence-corrected chi connectivity index (χ1v) is 17.7. The van der Waals surface area contributed by atoms with E-state index in [0.29, 0.717) is 59.7 Å². The third-order valence-corrected chi connectivity index (χ3v) is 8.88. The molecule has 1 aliphatic heterocycles. The van der Waals surface area contributed by atoms with Crippen LogP contribution in [0.25, 0.3) is 0 Å². The van der Waals surface area contributed by atoms with Gasteiger partial charge in [-0.25, -0.2) is 0 Å². The molecule has 6 aromatic rings. The highest BCUT2D eigenvalue weighted by molar-refractivity contribution is 5.55. The molecule has 0 saturated heterocycles. The molecule has 0 spiro atoms. The molecule has 53 heavy (non-hydrogen) atoms. The van der Waals surface area contributed by atoms with E-state index in [1.807, 2.05) is 140 Å². The summed E-state index contributed by atoms with van der Waals surface area (Å²) in [6, 6.07) is 48.6. The third-order valence-electron chi connectivity index (χ3n) is 8.88. The van der Waals surface area contributed by atoms with Crippen molar-refractivity contribution in [3.8, 4) is 28.7 Å². The zero-order valence-electron chi connectivity index (χ0n) is 29.3. The van der Waals surface area contributed by atoms with Crippen molar-refractivity contribution in [1.29, 1.82) is 0 Å². The molecule has 1 unspecified atom stereocenters. The van der Waals surface area contributed by atoms with Gasteiger partial charge in [-0.05, 0) is 39.9 Å². The Hall–Kier alpha value is -5.80. The molecule has 3 atom stereocenters. The summed E-state index contributed by atoms with van der Waals surface area (Å²) in [7, 11) is 0. The number of hydrogen-bond acceptors (Lipinski definition) is 8. The Morgan fingerprint density at radius 2 is 1.00 bits per heavy atom. The summed E-state index contributed by atoms with van der Waals surface area (Å²) in [6.45, 7) is 1.04. The molecule has 1 aliphatic rings. The standard InChI is InChI=1S/C45H42O8/c46-23-24-48-45-42-40(52-31-35-19-11-4-12-20-35)26-37(49-28-32-13-5-1-6-14-32)27-41(42)53-44(43(45)47)36-21-22-38(50-29-33-15-7-2-8-16-33)39(25-36)51-30-34-17-9-3-10-18-34/h1-22,25-27,43-47H,23-24,28-31H2/t43-,44-,45?/m1/s1. The lowest BCUT2D eigenvalue weighted by Crippen LogP contribution is -2.36. The smallest absolute Gasteiger partial charge is 0.162 e. The minimum atomic E-state index is -1.18. The van der Waals surface area contributed by atoms with Crippen molar-refractivity contribution in [2.24, 2.45) is 0 Å². The van der Waals surface area contributed by atoms with Gasteiger partial charge in [0, 0.05) is 12.1 Å². The Morgan fingerprint density at radius 3 is 1.53 bits per heavy atom. The van der Waals surface area contributed by atoms with Crippen LogP contribution in [0.3, 0.4) is 0 Å². The highest BCUT2D eigenvalue weighted by Crippen LogP contribution is 2.50. The molecule has 1 heterocycles. The van der Waals surface area contributed by atoms with Crippen molar-refractivity contribution in [2.75, 3.05) is 13.2 Å². The van der Waals surface area contributed by atoms with E-state index in [1.54, 1.807) is 12.1 Å². The van der Waals surface area contributed by atoms with Crippen molar-refractivity contribution in [3.63, 3.8) is 0 Å². The minimum absolute atomic E-state index is 0.00400. The number of benzene rings is 6. The average molecular weight is 711 g/mol. The molecule has 0 aliphatic carbocycles. The Kier molecular flexibility index (Phi) is 11.8. The Labute approximate surface area is 309 Å². The van der Waals surface area contributed by atoms with Crippen molar-refractivity contribution >= 4 is 0 Å². The highest BCUT2D eigenvalue weighted by atomic mass is 16.5. The molecule has 0 saturated carbocycles. The molecular weight excluding hydrogens is 668 g/mol. The van der Waals surface area contributed by atoms with E-state index in [2.05, 4.69) is 0 Å². The summed E-state index contributed by atoms with van der Waals surface area (Å²) < 4.78 is 38.1. The van der Waals surface area contributed by atoms with E-state index in [-0.39, 0.29) is 19.8 Å². The van der Waals surface area contributed by atoms with Gasteiger partial charge in [0.25, 0.3) is 0 Å². The first-order valence-electron chi connectivity index (χ1n) is 17.7. The average Bonchev–Trinajstić information content (AvgIpc) is 3.21. The van der Waals surface area contributed by atoms with Gasteiger partial charge in [0.1, 0.15) is 55.9 Å². The van der Waals surface area contributed by atoms with Gasteiger partial charge in [-0.2, -0.15) is 0 Å². The van der Waals surface area contributed by atoms with Crippen LogP contribution in [0.2, 0.25) is 0 Å². The first-order chi connectivity index (χ1) is 26.1. The van der Waals surface area contributed by atoms with Gasteiger partial charge in [0.2, 0.25) is 0 Å². The van der Waals surface area contributed by atoms with Gasteiger partial charge < -0.3 is 38.6 Å². The summed E-state index contributed by atoms with van der Waals surface area (Å²) in [4.78, 5) is 0. The van der Waals surface area contributed by atoms with Crippen LogP contribution in [0.5, 0.6) is 28.7 Å². The van der Waals surface area contributed by atoms with Gasteiger partial charge >= 0.3 is 0 Å². The Morgan fingerprint density at radius 1 is 0.509 bits per heavy atom. The zero-order valence-corrected chi connectivity index (χ0v) is 29.3. The summed E-state index contributed by atoms with van der Waals surface area (Å²) in [5, 5.41) is 21.8. The number of fused-ring (bicyclic) bond motifs is 1. The fourth-order valence-electron chi connectivity index (χ4n) is 6.20. The Balaban J connectivity index is 1.23. The van der Waals surface area contributed by atoms with Crippen molar-refractivity contribution < 1.29 is 38.6 Å². The molecule has 8 heteroatoms. The molecule has 0 aromatic heterocycles. The molecule has 7 rings (SSSR count). The van der Waals surface area contributed by atoms with Gasteiger partial charge in [0.15, 0.2) is 17.6 Å². The number of rotatable bonds is 16.